The SMILES string of the molecule is O=C(NCCCc1ccccc1)c1ccc2c(c1)N(Cc1ccc(F)cc1)CCS2. The Kier molecular flexibility index (Phi) is 6.70. The number of anilines is 1. The fourth-order valence-electron chi connectivity index (χ4n) is 3.63. The highest BCUT2D eigenvalue weighted by Gasteiger charge is 2.19. The van der Waals surface area contributed by atoms with Crippen molar-refractivity contribution in [3.05, 3.63) is 95.3 Å². The van der Waals surface area contributed by atoms with Crippen LogP contribution in [0.15, 0.2) is 77.7 Å². The lowest BCUT2D eigenvalue weighted by Crippen LogP contribution is -2.30. The number of aryl methyl sites for hydroxylation is 1. The maximum absolute atomic E-state index is 13.2. The zero-order valence-electron chi connectivity index (χ0n) is 16.8. The average Bonchev–Trinajstić information content (AvgIpc) is 2.79. The quantitative estimate of drug-likeness (QED) is 0.527. The van der Waals surface area contributed by atoms with Gasteiger partial charge in [0.05, 0.1) is 5.69 Å². The Morgan fingerprint density at radius 3 is 2.60 bits per heavy atom. The van der Waals surface area contributed by atoms with Gasteiger partial charge in [0.2, 0.25) is 0 Å². The zero-order chi connectivity index (χ0) is 20.8. The molecular weight excluding hydrogens is 395 g/mol. The first-order chi connectivity index (χ1) is 14.7. The number of carbonyl (C=O) groups is 1. The third kappa shape index (κ3) is 5.22. The van der Waals surface area contributed by atoms with Crippen LogP contribution in [0.2, 0.25) is 0 Å². The Hall–Kier alpha value is -2.79. The van der Waals surface area contributed by atoms with Crippen molar-refractivity contribution in [2.24, 2.45) is 0 Å². The molecule has 30 heavy (non-hydrogen) atoms. The third-order valence-electron chi connectivity index (χ3n) is 5.24. The van der Waals surface area contributed by atoms with E-state index in [1.54, 1.807) is 0 Å². The molecule has 0 aromatic heterocycles. The van der Waals surface area contributed by atoms with Crippen molar-refractivity contribution >= 4 is 23.4 Å². The lowest BCUT2D eigenvalue weighted by molar-refractivity contribution is 0.0953. The normalized spacial score (nSPS) is 13.0. The van der Waals surface area contributed by atoms with E-state index in [4.69, 9.17) is 0 Å². The van der Waals surface area contributed by atoms with E-state index in [-0.39, 0.29) is 11.7 Å². The van der Waals surface area contributed by atoms with Gasteiger partial charge in [-0.25, -0.2) is 4.39 Å². The highest BCUT2D eigenvalue weighted by molar-refractivity contribution is 7.99. The molecule has 1 aliphatic rings. The number of hydrogen-bond acceptors (Lipinski definition) is 3. The summed E-state index contributed by atoms with van der Waals surface area (Å²) in [6, 6.07) is 22.9. The van der Waals surface area contributed by atoms with Gasteiger partial charge >= 0.3 is 0 Å². The number of halogens is 1. The van der Waals surface area contributed by atoms with Crippen molar-refractivity contribution in [1.29, 1.82) is 0 Å². The molecule has 5 heteroatoms. The van der Waals surface area contributed by atoms with Gasteiger partial charge in [0.1, 0.15) is 5.82 Å². The van der Waals surface area contributed by atoms with Crippen LogP contribution in [0, 0.1) is 5.82 Å². The Balaban J connectivity index is 1.38. The number of carbonyl (C=O) groups excluding carboxylic acids is 1. The van der Waals surface area contributed by atoms with Crippen LogP contribution in [0.1, 0.15) is 27.9 Å². The first-order valence-corrected chi connectivity index (χ1v) is 11.3. The van der Waals surface area contributed by atoms with Gasteiger partial charge in [-0.15, -0.1) is 11.8 Å². The van der Waals surface area contributed by atoms with Gasteiger partial charge in [0.25, 0.3) is 5.91 Å². The summed E-state index contributed by atoms with van der Waals surface area (Å²) in [5, 5.41) is 3.04. The van der Waals surface area contributed by atoms with E-state index in [1.807, 2.05) is 60.3 Å². The number of rotatable bonds is 7. The largest absolute Gasteiger partial charge is 0.365 e. The highest BCUT2D eigenvalue weighted by Crippen LogP contribution is 2.36. The fourth-order valence-corrected chi connectivity index (χ4v) is 4.66. The lowest BCUT2D eigenvalue weighted by atomic mass is 10.1. The molecular formula is C25H25FN2OS. The molecule has 0 atom stereocenters. The van der Waals surface area contributed by atoms with E-state index in [9.17, 15) is 9.18 Å². The maximum Gasteiger partial charge on any atom is 0.251 e. The summed E-state index contributed by atoms with van der Waals surface area (Å²) in [6.07, 6.45) is 1.86. The lowest BCUT2D eigenvalue weighted by Gasteiger charge is -2.31. The first kappa shape index (κ1) is 20.5. The molecule has 3 aromatic rings. The van der Waals surface area contributed by atoms with Crippen molar-refractivity contribution in [3.63, 3.8) is 0 Å². The van der Waals surface area contributed by atoms with Gasteiger partial charge in [0, 0.05) is 35.8 Å². The minimum atomic E-state index is -0.223. The summed E-state index contributed by atoms with van der Waals surface area (Å²) in [5.74, 6) is 0.738. The molecule has 1 heterocycles. The molecule has 0 saturated heterocycles. The third-order valence-corrected chi connectivity index (χ3v) is 6.28. The van der Waals surface area contributed by atoms with Crippen molar-refractivity contribution in [2.45, 2.75) is 24.3 Å². The van der Waals surface area contributed by atoms with Gasteiger partial charge in [-0.3, -0.25) is 4.79 Å². The van der Waals surface area contributed by atoms with E-state index < -0.39 is 0 Å². The van der Waals surface area contributed by atoms with Crippen LogP contribution in [0.4, 0.5) is 10.1 Å². The Morgan fingerprint density at radius 2 is 1.80 bits per heavy atom. The molecule has 0 aliphatic carbocycles. The number of benzene rings is 3. The minimum absolute atomic E-state index is 0.0387. The van der Waals surface area contributed by atoms with Crippen LogP contribution in [0.5, 0.6) is 0 Å². The summed E-state index contributed by atoms with van der Waals surface area (Å²) in [6.45, 7) is 2.26. The number of nitrogens with one attached hydrogen (secondary N) is 1. The predicted molar refractivity (Wildman–Crippen MR) is 122 cm³/mol. The number of amides is 1. The van der Waals surface area contributed by atoms with Crippen molar-refractivity contribution in [3.8, 4) is 0 Å². The summed E-state index contributed by atoms with van der Waals surface area (Å²) in [5.41, 5.74) is 4.10. The standard InChI is InChI=1S/C25H25FN2OS/c26-22-11-8-20(9-12-22)18-28-15-16-30-24-13-10-21(17-23(24)28)25(29)27-14-4-7-19-5-2-1-3-6-19/h1-3,5-6,8-13,17H,4,7,14-16,18H2,(H,27,29). The van der Waals surface area contributed by atoms with Gasteiger partial charge in [-0.05, 0) is 54.3 Å². The maximum atomic E-state index is 13.2. The summed E-state index contributed by atoms with van der Waals surface area (Å²) in [4.78, 5) is 16.1. The molecule has 0 unspecified atom stereocenters. The summed E-state index contributed by atoms with van der Waals surface area (Å²) < 4.78 is 13.2. The van der Waals surface area contributed by atoms with Gasteiger partial charge in [-0.2, -0.15) is 0 Å². The molecule has 1 N–H and O–H groups in total. The summed E-state index contributed by atoms with van der Waals surface area (Å²) in [7, 11) is 0. The molecule has 0 saturated carbocycles. The Labute approximate surface area is 181 Å². The van der Waals surface area contributed by atoms with Gasteiger partial charge < -0.3 is 10.2 Å². The van der Waals surface area contributed by atoms with Crippen LogP contribution >= 0.6 is 11.8 Å². The van der Waals surface area contributed by atoms with Crippen LogP contribution in [0.3, 0.4) is 0 Å². The van der Waals surface area contributed by atoms with E-state index in [0.717, 1.165) is 36.4 Å². The second-order valence-electron chi connectivity index (χ2n) is 7.42. The number of fused-ring (bicyclic) bond motifs is 1. The molecule has 1 aliphatic heterocycles. The second-order valence-corrected chi connectivity index (χ2v) is 8.56. The Morgan fingerprint density at radius 1 is 1.00 bits per heavy atom. The molecule has 4 rings (SSSR count). The topological polar surface area (TPSA) is 32.3 Å². The monoisotopic (exact) mass is 420 g/mol. The van der Waals surface area contributed by atoms with E-state index in [0.29, 0.717) is 18.7 Å². The average molecular weight is 421 g/mol. The van der Waals surface area contributed by atoms with Crippen molar-refractivity contribution < 1.29 is 9.18 Å². The molecule has 0 fully saturated rings. The smallest absolute Gasteiger partial charge is 0.251 e. The molecule has 3 nitrogen and oxygen atoms in total. The van der Waals surface area contributed by atoms with E-state index in [2.05, 4.69) is 22.3 Å². The molecule has 0 spiro atoms. The van der Waals surface area contributed by atoms with Crippen LogP contribution in [-0.2, 0) is 13.0 Å². The molecule has 154 valence electrons. The molecule has 0 bridgehead atoms. The van der Waals surface area contributed by atoms with Crippen LogP contribution < -0.4 is 10.2 Å². The first-order valence-electron chi connectivity index (χ1n) is 10.3. The number of nitrogens with zero attached hydrogens (tertiary/aromatic N) is 1. The van der Waals surface area contributed by atoms with Crippen LogP contribution in [0.25, 0.3) is 0 Å². The highest BCUT2D eigenvalue weighted by atomic mass is 32.2. The second kappa shape index (κ2) is 9.81. The van der Waals surface area contributed by atoms with E-state index in [1.165, 1.54) is 22.6 Å². The predicted octanol–water partition coefficient (Wildman–Crippen LogP) is 5.30. The van der Waals surface area contributed by atoms with Crippen molar-refractivity contribution in [2.75, 3.05) is 23.7 Å². The van der Waals surface area contributed by atoms with Crippen molar-refractivity contribution in [1.82, 2.24) is 5.32 Å². The summed E-state index contributed by atoms with van der Waals surface area (Å²) >= 11 is 1.81. The van der Waals surface area contributed by atoms with Gasteiger partial charge in [-0.1, -0.05) is 42.5 Å². The van der Waals surface area contributed by atoms with E-state index >= 15 is 0 Å². The number of thioether (sulfide) groups is 1. The van der Waals surface area contributed by atoms with Crippen LogP contribution in [-0.4, -0.2) is 24.7 Å². The Bertz CT molecular complexity index is 992. The zero-order valence-corrected chi connectivity index (χ0v) is 17.6. The number of hydrogen-bond donors (Lipinski definition) is 1. The fraction of sp³-hybridized carbons (Fsp3) is 0.240. The molecule has 0 radical (unpaired) electrons. The minimum Gasteiger partial charge on any atom is -0.365 e. The van der Waals surface area contributed by atoms with Gasteiger partial charge in [0.15, 0.2) is 0 Å². The molecule has 3 aromatic carbocycles. The molecule has 1 amide bonds.